The van der Waals surface area contributed by atoms with Crippen molar-refractivity contribution in [1.29, 1.82) is 0 Å². The van der Waals surface area contributed by atoms with Gasteiger partial charge in [0, 0.05) is 0 Å². The molecule has 0 radical (unpaired) electrons. The summed E-state index contributed by atoms with van der Waals surface area (Å²) in [7, 11) is 8.83. The minimum absolute atomic E-state index is 0.346. The van der Waals surface area contributed by atoms with Crippen molar-refractivity contribution in [2.45, 2.75) is 19.8 Å². The molecule has 0 heterocycles. The molecule has 0 saturated carbocycles. The van der Waals surface area contributed by atoms with Crippen LogP contribution in [0.5, 0.6) is 0 Å². The van der Waals surface area contributed by atoms with Crippen molar-refractivity contribution in [3.8, 4) is 0 Å². The van der Waals surface area contributed by atoms with E-state index in [4.69, 9.17) is 19.4 Å². The van der Waals surface area contributed by atoms with Gasteiger partial charge in [0.05, 0.1) is 7.92 Å². The Kier molecular flexibility index (Phi) is 16.4. The zero-order valence-corrected chi connectivity index (χ0v) is 21.0. The molecule has 0 unspecified atom stereocenters. The van der Waals surface area contributed by atoms with E-state index in [1.807, 2.05) is 0 Å². The minimum Gasteiger partial charge on any atom is -0.0620 e. The zero-order chi connectivity index (χ0) is 21.2. The molecule has 0 aliphatic heterocycles. The van der Waals surface area contributed by atoms with Crippen LogP contribution in [0.4, 0.5) is 0 Å². The van der Waals surface area contributed by atoms with Crippen molar-refractivity contribution >= 4 is 43.2 Å². The summed E-state index contributed by atoms with van der Waals surface area (Å²) in [4.78, 5) is 0. The number of halogens is 2. The van der Waals surface area contributed by atoms with Gasteiger partial charge in [-0.25, -0.2) is 6.42 Å². The van der Waals surface area contributed by atoms with Gasteiger partial charge in [-0.2, -0.15) is 6.54 Å². The normalized spacial score (nSPS) is 9.83. The first-order chi connectivity index (χ1) is 14.3. The average Bonchev–Trinajstić information content (AvgIpc) is 2.78. The second kappa shape index (κ2) is 18.1. The van der Waals surface area contributed by atoms with Gasteiger partial charge in [-0.3, -0.25) is 0 Å². The second-order valence-corrected chi connectivity index (χ2v) is 11.2. The summed E-state index contributed by atoms with van der Waals surface area (Å²) in [5.74, 6) is 0. The van der Waals surface area contributed by atoms with Gasteiger partial charge in [-0.1, -0.05) is 67.9 Å². The molecule has 156 valence electrons. The van der Waals surface area contributed by atoms with Crippen LogP contribution < -0.4 is 15.9 Å². The van der Waals surface area contributed by atoms with Crippen LogP contribution in [0.3, 0.4) is 0 Å². The first-order valence-corrected chi connectivity index (χ1v) is 15.6. The predicted molar refractivity (Wildman–Crippen MR) is 132 cm³/mol. The maximum absolute atomic E-state index is 4.85. The van der Waals surface area contributed by atoms with Gasteiger partial charge < -0.3 is 12.2 Å². The molecule has 0 atom stereocenters. The van der Waals surface area contributed by atoms with Gasteiger partial charge in [-0.15, -0.1) is 6.54 Å². The van der Waals surface area contributed by atoms with Crippen LogP contribution in [-0.2, 0) is 15.1 Å². The number of rotatable bonds is 7. The van der Waals surface area contributed by atoms with Gasteiger partial charge in [0.15, 0.2) is 0 Å². The Balaban J connectivity index is 0.000000355. The quantitative estimate of drug-likeness (QED) is 0.141. The third kappa shape index (κ3) is 11.3. The van der Waals surface area contributed by atoms with Crippen molar-refractivity contribution in [3.63, 3.8) is 0 Å². The van der Waals surface area contributed by atoms with Crippen molar-refractivity contribution in [2.75, 3.05) is 13.1 Å². The molecule has 29 heavy (non-hydrogen) atoms. The second-order valence-electron chi connectivity index (χ2n) is 6.05. The molecule has 3 aromatic carbocycles. The third-order valence-electron chi connectivity index (χ3n) is 3.89. The van der Waals surface area contributed by atoms with Crippen molar-refractivity contribution < 1.29 is 15.1 Å². The smallest absolute Gasteiger partial charge is 0.0620 e. The van der Waals surface area contributed by atoms with Gasteiger partial charge in [-0.05, 0) is 36.4 Å². The van der Waals surface area contributed by atoms with E-state index in [9.17, 15) is 0 Å². The first kappa shape index (κ1) is 26.3. The van der Waals surface area contributed by atoms with E-state index < -0.39 is 7.92 Å². The van der Waals surface area contributed by atoms with E-state index in [0.29, 0.717) is 0 Å². The summed E-state index contributed by atoms with van der Waals surface area (Å²) in [5, 5.41) is 8.45. The number of benzene rings is 3. The van der Waals surface area contributed by atoms with Crippen molar-refractivity contribution in [2.24, 2.45) is 0 Å². The van der Waals surface area contributed by atoms with E-state index in [1.165, 1.54) is 22.3 Å². The van der Waals surface area contributed by atoms with Crippen LogP contribution >= 0.6 is 27.3 Å². The molecule has 0 fully saturated rings. The van der Waals surface area contributed by atoms with E-state index in [2.05, 4.69) is 110 Å². The number of hydrogen-bond donors (Lipinski definition) is 0. The largest absolute Gasteiger partial charge is 0.102 e. The Labute approximate surface area is 193 Å². The fourth-order valence-electron chi connectivity index (χ4n) is 2.70. The molecule has 3 rings (SSSR count). The zero-order valence-electron chi connectivity index (χ0n) is 16.8. The van der Waals surface area contributed by atoms with Crippen LogP contribution in [0.2, 0.25) is 0 Å². The van der Waals surface area contributed by atoms with Gasteiger partial charge >= 0.3 is 34.5 Å². The Hall–Kier alpha value is -0.747. The van der Waals surface area contributed by atoms with E-state index in [0.717, 1.165) is 19.5 Å². The van der Waals surface area contributed by atoms with E-state index >= 15 is 0 Å². The molecule has 0 bridgehead atoms. The standard InChI is InChI=1S/C18H15P.C6H13N.2ClH.Ru/c1-4-10-16(11-5-1)19(17-12-6-2-7-13-17)18-14-8-3-9-15-18;1-3-5-7-6-4-2;;;/h1-15H;1,3-6H2,2H3;2*1H;/q;-2;;;+4/p-1. The van der Waals surface area contributed by atoms with Crippen LogP contribution in [0, 0.1) is 6.92 Å². The number of hydrogen-bond acceptors (Lipinski definition) is 0. The Morgan fingerprint density at radius 2 is 1.07 bits per heavy atom. The summed E-state index contributed by atoms with van der Waals surface area (Å²) in [6, 6.07) is 32.5. The molecular formula is C24H29Cl2NPRu+. The Morgan fingerprint density at radius 3 is 1.34 bits per heavy atom. The molecular weight excluding hydrogens is 505 g/mol. The molecule has 0 aromatic heterocycles. The fraction of sp³-hybridized carbons (Fsp3) is 0.208. The molecule has 0 N–H and O–H groups in total. The Bertz CT molecular complexity index is 632. The van der Waals surface area contributed by atoms with Gasteiger partial charge in [0.1, 0.15) is 15.9 Å². The third-order valence-corrected chi connectivity index (χ3v) is 6.62. The van der Waals surface area contributed by atoms with E-state index in [-0.39, 0.29) is 15.1 Å². The SMILES string of the molecule is [CH2-]CC[N-]CCC.[Cl][Ru+2][Cl].c1ccc([PH+](c2ccccc2)c2ccccc2)cc1. The average molecular weight is 534 g/mol. The molecule has 3 aromatic rings. The molecule has 0 aliphatic carbocycles. The molecule has 5 heteroatoms. The van der Waals surface area contributed by atoms with Crippen molar-refractivity contribution in [1.82, 2.24) is 0 Å². The molecule has 0 aliphatic rings. The van der Waals surface area contributed by atoms with Crippen LogP contribution in [0.25, 0.3) is 5.32 Å². The fourth-order valence-corrected chi connectivity index (χ4v) is 5.27. The maximum atomic E-state index is 4.85. The summed E-state index contributed by atoms with van der Waals surface area (Å²) >= 11 is -0.346. The summed E-state index contributed by atoms with van der Waals surface area (Å²) < 4.78 is 0. The minimum atomic E-state index is -0.877. The summed E-state index contributed by atoms with van der Waals surface area (Å²) in [6.07, 6.45) is 2.11. The summed E-state index contributed by atoms with van der Waals surface area (Å²) in [6.45, 7) is 7.74. The Morgan fingerprint density at radius 1 is 0.724 bits per heavy atom. The van der Waals surface area contributed by atoms with Crippen LogP contribution in [-0.4, -0.2) is 13.1 Å². The molecule has 0 saturated heterocycles. The topological polar surface area (TPSA) is 14.1 Å². The maximum Gasteiger partial charge on any atom is 0.102 e. The van der Waals surface area contributed by atoms with Crippen molar-refractivity contribution in [3.05, 3.63) is 103 Å². The van der Waals surface area contributed by atoms with Crippen LogP contribution in [0.15, 0.2) is 91.0 Å². The first-order valence-electron chi connectivity index (χ1n) is 9.59. The molecule has 0 spiro atoms. The summed E-state index contributed by atoms with van der Waals surface area (Å²) in [5.41, 5.74) is 0. The molecule has 0 amide bonds. The van der Waals surface area contributed by atoms with Gasteiger partial charge in [0.2, 0.25) is 0 Å². The van der Waals surface area contributed by atoms with Gasteiger partial charge in [0.25, 0.3) is 0 Å². The molecule has 1 nitrogen and oxygen atoms in total. The number of nitrogens with zero attached hydrogens (tertiary/aromatic N) is 1. The van der Waals surface area contributed by atoms with E-state index in [1.54, 1.807) is 0 Å². The van der Waals surface area contributed by atoms with Crippen LogP contribution in [0.1, 0.15) is 19.8 Å². The monoisotopic (exact) mass is 534 g/mol. The predicted octanol–water partition coefficient (Wildman–Crippen LogP) is 6.55.